The Kier molecular flexibility index (Phi) is 4.41. The molecular weight excluding hydrogens is 246 g/mol. The van der Waals surface area contributed by atoms with Crippen molar-refractivity contribution >= 4 is 15.9 Å². The molecule has 0 bridgehead atoms. The van der Waals surface area contributed by atoms with Gasteiger partial charge in [0.05, 0.1) is 6.26 Å². The zero-order chi connectivity index (χ0) is 12.9. The molecule has 0 aliphatic carbocycles. The average molecular weight is 259 g/mol. The molecule has 1 heterocycles. The molecule has 17 heavy (non-hydrogen) atoms. The lowest BCUT2D eigenvalue weighted by molar-refractivity contribution is 0.0953. The number of rotatable bonds is 5. The summed E-state index contributed by atoms with van der Waals surface area (Å²) in [5.74, 6) is -0.540. The Balaban J connectivity index is 2.47. The van der Waals surface area contributed by atoms with Gasteiger partial charge < -0.3 is 10.3 Å². The standard InChI is InChI=1S/C9H13N3O4S/c1-17(15,16)12-6-5-11-9(14)7-3-2-4-10-8(7)13/h2-4,12H,5-6H2,1H3,(H,10,13)(H,11,14). The number of sulfonamides is 1. The van der Waals surface area contributed by atoms with E-state index in [1.165, 1.54) is 18.3 Å². The number of hydrogen-bond donors (Lipinski definition) is 3. The zero-order valence-corrected chi connectivity index (χ0v) is 10.0. The Bertz CT molecular complexity index is 549. The molecule has 8 heteroatoms. The van der Waals surface area contributed by atoms with Gasteiger partial charge in [-0.2, -0.15) is 0 Å². The van der Waals surface area contributed by atoms with Crippen LogP contribution in [0.2, 0.25) is 0 Å². The van der Waals surface area contributed by atoms with Gasteiger partial charge >= 0.3 is 0 Å². The van der Waals surface area contributed by atoms with Crippen LogP contribution in [0, 0.1) is 0 Å². The van der Waals surface area contributed by atoms with Gasteiger partial charge in [0.25, 0.3) is 11.5 Å². The summed E-state index contributed by atoms with van der Waals surface area (Å²) in [6, 6.07) is 2.92. The largest absolute Gasteiger partial charge is 0.351 e. The Labute approximate surface area is 98.3 Å². The van der Waals surface area contributed by atoms with Crippen molar-refractivity contribution < 1.29 is 13.2 Å². The van der Waals surface area contributed by atoms with Gasteiger partial charge in [-0.05, 0) is 12.1 Å². The minimum Gasteiger partial charge on any atom is -0.351 e. The Morgan fingerprint density at radius 1 is 1.41 bits per heavy atom. The lowest BCUT2D eigenvalue weighted by atomic mass is 10.2. The van der Waals surface area contributed by atoms with E-state index in [1.54, 1.807) is 0 Å². The van der Waals surface area contributed by atoms with Crippen molar-refractivity contribution in [3.05, 3.63) is 34.2 Å². The Morgan fingerprint density at radius 2 is 2.12 bits per heavy atom. The van der Waals surface area contributed by atoms with Crippen LogP contribution >= 0.6 is 0 Å². The lowest BCUT2D eigenvalue weighted by Gasteiger charge is -2.04. The number of aromatic amines is 1. The zero-order valence-electron chi connectivity index (χ0n) is 9.19. The molecule has 0 unspecified atom stereocenters. The molecule has 0 saturated heterocycles. The smallest absolute Gasteiger partial charge is 0.260 e. The van der Waals surface area contributed by atoms with E-state index in [1.807, 2.05) is 0 Å². The van der Waals surface area contributed by atoms with Gasteiger partial charge in [-0.25, -0.2) is 13.1 Å². The van der Waals surface area contributed by atoms with Crippen molar-refractivity contribution in [2.24, 2.45) is 0 Å². The van der Waals surface area contributed by atoms with Crippen LogP contribution in [0.4, 0.5) is 0 Å². The van der Waals surface area contributed by atoms with E-state index in [0.717, 1.165) is 6.26 Å². The van der Waals surface area contributed by atoms with Gasteiger partial charge in [-0.15, -0.1) is 0 Å². The molecule has 94 valence electrons. The molecule has 0 atom stereocenters. The van der Waals surface area contributed by atoms with Crippen LogP contribution in [0.5, 0.6) is 0 Å². The van der Waals surface area contributed by atoms with E-state index >= 15 is 0 Å². The second kappa shape index (κ2) is 5.60. The SMILES string of the molecule is CS(=O)(=O)NCCNC(=O)c1ccc[nH]c1=O. The third kappa shape index (κ3) is 4.79. The fourth-order valence-corrected chi connectivity index (χ4v) is 1.58. The van der Waals surface area contributed by atoms with Crippen LogP contribution in [0.1, 0.15) is 10.4 Å². The van der Waals surface area contributed by atoms with Gasteiger partial charge in [0.15, 0.2) is 0 Å². The number of carbonyl (C=O) groups is 1. The van der Waals surface area contributed by atoms with Gasteiger partial charge in [-0.3, -0.25) is 9.59 Å². The number of H-pyrrole nitrogens is 1. The first kappa shape index (κ1) is 13.4. The second-order valence-corrected chi connectivity index (χ2v) is 5.17. The highest BCUT2D eigenvalue weighted by atomic mass is 32.2. The third-order valence-electron chi connectivity index (χ3n) is 1.84. The molecule has 0 aliphatic heterocycles. The van der Waals surface area contributed by atoms with E-state index in [-0.39, 0.29) is 18.7 Å². The quantitative estimate of drug-likeness (QED) is 0.568. The first-order chi connectivity index (χ1) is 7.90. The van der Waals surface area contributed by atoms with Crippen LogP contribution in [0.15, 0.2) is 23.1 Å². The predicted octanol–water partition coefficient (Wildman–Crippen LogP) is -1.35. The van der Waals surface area contributed by atoms with Crippen LogP contribution in [0.25, 0.3) is 0 Å². The van der Waals surface area contributed by atoms with Crippen LogP contribution in [0.3, 0.4) is 0 Å². The summed E-state index contributed by atoms with van der Waals surface area (Å²) >= 11 is 0. The van der Waals surface area contributed by atoms with Crippen molar-refractivity contribution in [3.8, 4) is 0 Å². The minimum atomic E-state index is -3.26. The van der Waals surface area contributed by atoms with Crippen molar-refractivity contribution in [1.29, 1.82) is 0 Å². The molecule has 0 saturated carbocycles. The summed E-state index contributed by atoms with van der Waals surface area (Å²) < 4.78 is 23.7. The van der Waals surface area contributed by atoms with Crippen molar-refractivity contribution in [1.82, 2.24) is 15.0 Å². The molecule has 0 radical (unpaired) electrons. The van der Waals surface area contributed by atoms with E-state index in [4.69, 9.17) is 0 Å². The number of hydrogen-bond acceptors (Lipinski definition) is 4. The highest BCUT2D eigenvalue weighted by Gasteiger charge is 2.08. The Morgan fingerprint density at radius 3 is 2.71 bits per heavy atom. The molecule has 0 aliphatic rings. The molecular formula is C9H13N3O4S. The normalized spacial score (nSPS) is 11.1. The van der Waals surface area contributed by atoms with Gasteiger partial charge in [0, 0.05) is 19.3 Å². The number of amides is 1. The van der Waals surface area contributed by atoms with Gasteiger partial charge in [0.2, 0.25) is 10.0 Å². The fraction of sp³-hybridized carbons (Fsp3) is 0.333. The molecule has 1 amide bonds. The number of carbonyl (C=O) groups excluding carboxylic acids is 1. The summed E-state index contributed by atoms with van der Waals surface area (Å²) in [7, 11) is -3.26. The monoisotopic (exact) mass is 259 g/mol. The van der Waals surface area contributed by atoms with E-state index < -0.39 is 21.5 Å². The summed E-state index contributed by atoms with van der Waals surface area (Å²) in [5.41, 5.74) is -0.493. The molecule has 0 spiro atoms. The summed E-state index contributed by atoms with van der Waals surface area (Å²) in [4.78, 5) is 25.1. The molecule has 0 fully saturated rings. The van der Waals surface area contributed by atoms with Crippen LogP contribution < -0.4 is 15.6 Å². The summed E-state index contributed by atoms with van der Waals surface area (Å²) in [5, 5.41) is 2.43. The molecule has 1 aromatic heterocycles. The maximum absolute atomic E-state index is 11.5. The van der Waals surface area contributed by atoms with E-state index in [2.05, 4.69) is 15.0 Å². The molecule has 7 nitrogen and oxygen atoms in total. The first-order valence-electron chi connectivity index (χ1n) is 4.81. The molecule has 0 aromatic carbocycles. The maximum Gasteiger partial charge on any atom is 0.260 e. The lowest BCUT2D eigenvalue weighted by Crippen LogP contribution is -2.36. The van der Waals surface area contributed by atoms with Gasteiger partial charge in [-0.1, -0.05) is 0 Å². The van der Waals surface area contributed by atoms with Gasteiger partial charge in [0.1, 0.15) is 5.56 Å². The second-order valence-electron chi connectivity index (χ2n) is 3.34. The topological polar surface area (TPSA) is 108 Å². The summed E-state index contributed by atoms with van der Waals surface area (Å²) in [6.45, 7) is 0.190. The minimum absolute atomic E-state index is 0.00754. The number of nitrogens with one attached hydrogen (secondary N) is 3. The average Bonchev–Trinajstić information content (AvgIpc) is 2.23. The highest BCUT2D eigenvalue weighted by molar-refractivity contribution is 7.88. The van der Waals surface area contributed by atoms with Crippen molar-refractivity contribution in [2.45, 2.75) is 0 Å². The molecule has 1 rings (SSSR count). The number of aromatic nitrogens is 1. The highest BCUT2D eigenvalue weighted by Crippen LogP contribution is 1.88. The predicted molar refractivity (Wildman–Crippen MR) is 62.2 cm³/mol. The van der Waals surface area contributed by atoms with Crippen LogP contribution in [-0.4, -0.2) is 38.7 Å². The first-order valence-corrected chi connectivity index (χ1v) is 6.70. The van der Waals surface area contributed by atoms with E-state index in [0.29, 0.717) is 0 Å². The molecule has 1 aromatic rings. The maximum atomic E-state index is 11.5. The number of pyridine rings is 1. The van der Waals surface area contributed by atoms with Crippen molar-refractivity contribution in [2.75, 3.05) is 19.3 Å². The van der Waals surface area contributed by atoms with E-state index in [9.17, 15) is 18.0 Å². The van der Waals surface area contributed by atoms with Crippen LogP contribution in [-0.2, 0) is 10.0 Å². The molecule has 3 N–H and O–H groups in total. The third-order valence-corrected chi connectivity index (χ3v) is 2.57. The Hall–Kier alpha value is -1.67. The van der Waals surface area contributed by atoms with Crippen molar-refractivity contribution in [3.63, 3.8) is 0 Å². The fourth-order valence-electron chi connectivity index (χ4n) is 1.11. The summed E-state index contributed by atoms with van der Waals surface area (Å²) in [6.07, 6.45) is 2.45.